The molecule has 0 bridgehead atoms. The Morgan fingerprint density at radius 3 is 2.33 bits per heavy atom. The molecule has 0 spiro atoms. The Morgan fingerprint density at radius 1 is 1.14 bits per heavy atom. The van der Waals surface area contributed by atoms with Gasteiger partial charge in [0.25, 0.3) is 0 Å². The normalized spacial score (nSPS) is 13.2. The Bertz CT molecular complexity index is 596. The van der Waals surface area contributed by atoms with Gasteiger partial charge in [0.15, 0.2) is 0 Å². The van der Waals surface area contributed by atoms with Crippen molar-refractivity contribution in [3.63, 3.8) is 0 Å². The molecule has 0 amide bonds. The van der Waals surface area contributed by atoms with Crippen LogP contribution in [0.15, 0.2) is 48.5 Å². The largest absolute Gasteiger partial charge is 0.271 e. The van der Waals surface area contributed by atoms with Crippen molar-refractivity contribution in [3.05, 3.63) is 70.5 Å². The molecule has 21 heavy (non-hydrogen) atoms. The summed E-state index contributed by atoms with van der Waals surface area (Å²) in [6.07, 6.45) is 0.695. The minimum absolute atomic E-state index is 0.0251. The van der Waals surface area contributed by atoms with E-state index >= 15 is 0 Å². The van der Waals surface area contributed by atoms with Crippen molar-refractivity contribution >= 4 is 11.6 Å². The molecule has 0 aliphatic rings. The zero-order valence-corrected chi connectivity index (χ0v) is 13.0. The highest BCUT2D eigenvalue weighted by atomic mass is 35.5. The van der Waals surface area contributed by atoms with Crippen LogP contribution in [0.3, 0.4) is 0 Å². The summed E-state index contributed by atoms with van der Waals surface area (Å²) < 4.78 is 13.1. The highest BCUT2D eigenvalue weighted by Gasteiger charge is 2.31. The van der Waals surface area contributed by atoms with Gasteiger partial charge in [0.05, 0.1) is 0 Å². The van der Waals surface area contributed by atoms with E-state index in [1.54, 1.807) is 12.1 Å². The molecule has 2 rings (SSSR count). The number of halogens is 2. The lowest BCUT2D eigenvalue weighted by Gasteiger charge is -2.35. The van der Waals surface area contributed by atoms with E-state index in [0.717, 1.165) is 16.1 Å². The zero-order chi connectivity index (χ0) is 15.5. The van der Waals surface area contributed by atoms with Crippen LogP contribution >= 0.6 is 11.6 Å². The lowest BCUT2D eigenvalue weighted by molar-refractivity contribution is 0.341. The molecular formula is C17H20ClFN2. The zero-order valence-electron chi connectivity index (χ0n) is 12.2. The van der Waals surface area contributed by atoms with E-state index in [2.05, 4.69) is 19.3 Å². The van der Waals surface area contributed by atoms with Gasteiger partial charge in [0.1, 0.15) is 5.82 Å². The molecule has 0 saturated heterocycles. The van der Waals surface area contributed by atoms with E-state index in [1.165, 1.54) is 12.1 Å². The van der Waals surface area contributed by atoms with Crippen molar-refractivity contribution in [1.29, 1.82) is 0 Å². The van der Waals surface area contributed by atoms with Gasteiger partial charge in [-0.15, -0.1) is 0 Å². The third-order valence-electron chi connectivity index (χ3n) is 4.04. The summed E-state index contributed by atoms with van der Waals surface area (Å²) >= 11 is 6.22. The summed E-state index contributed by atoms with van der Waals surface area (Å²) in [6.45, 7) is 4.17. The fourth-order valence-corrected chi connectivity index (χ4v) is 2.70. The third kappa shape index (κ3) is 3.62. The van der Waals surface area contributed by atoms with Crippen LogP contribution in [0.2, 0.25) is 5.02 Å². The van der Waals surface area contributed by atoms with Crippen LogP contribution in [0.4, 0.5) is 4.39 Å². The predicted octanol–water partition coefficient (Wildman–Crippen LogP) is 3.83. The highest BCUT2D eigenvalue weighted by molar-refractivity contribution is 6.31. The summed E-state index contributed by atoms with van der Waals surface area (Å²) in [4.78, 5) is 0. The topological polar surface area (TPSA) is 38.0 Å². The number of nitrogens with one attached hydrogen (secondary N) is 1. The van der Waals surface area contributed by atoms with Gasteiger partial charge in [0.2, 0.25) is 0 Å². The Hall–Kier alpha value is -1.42. The Kier molecular flexibility index (Phi) is 4.99. The van der Waals surface area contributed by atoms with E-state index in [9.17, 15) is 4.39 Å². The Balaban J connectivity index is 2.27. The average molecular weight is 307 g/mol. The van der Waals surface area contributed by atoms with Crippen LogP contribution in [-0.4, -0.2) is 6.04 Å². The lowest BCUT2D eigenvalue weighted by Crippen LogP contribution is -2.49. The molecule has 0 aliphatic heterocycles. The average Bonchev–Trinajstić information content (AvgIpc) is 2.46. The van der Waals surface area contributed by atoms with Crippen LogP contribution in [0.5, 0.6) is 0 Å². The first-order valence-electron chi connectivity index (χ1n) is 6.90. The Morgan fingerprint density at radius 2 is 1.76 bits per heavy atom. The molecule has 0 heterocycles. The van der Waals surface area contributed by atoms with E-state index in [-0.39, 0.29) is 17.3 Å². The first kappa shape index (κ1) is 16.0. The maximum Gasteiger partial charge on any atom is 0.123 e. The molecule has 0 fully saturated rings. The maximum atomic E-state index is 13.1. The molecule has 0 saturated carbocycles. The first-order valence-corrected chi connectivity index (χ1v) is 7.28. The molecule has 0 aliphatic carbocycles. The van der Waals surface area contributed by atoms with E-state index in [4.69, 9.17) is 17.4 Å². The van der Waals surface area contributed by atoms with Crippen LogP contribution in [-0.2, 0) is 11.8 Å². The summed E-state index contributed by atoms with van der Waals surface area (Å²) in [7, 11) is 0. The van der Waals surface area contributed by atoms with Gasteiger partial charge < -0.3 is 0 Å². The molecule has 1 atom stereocenters. The number of benzene rings is 2. The molecule has 4 heteroatoms. The smallest absolute Gasteiger partial charge is 0.123 e. The maximum absolute atomic E-state index is 13.1. The molecule has 0 radical (unpaired) electrons. The lowest BCUT2D eigenvalue weighted by atomic mass is 9.75. The second kappa shape index (κ2) is 6.56. The van der Waals surface area contributed by atoms with Crippen molar-refractivity contribution in [1.82, 2.24) is 5.43 Å². The number of nitrogens with two attached hydrogens (primary N) is 1. The second-order valence-electron chi connectivity index (χ2n) is 5.74. The summed E-state index contributed by atoms with van der Waals surface area (Å²) in [5.41, 5.74) is 4.68. The molecule has 2 aromatic rings. The SMILES string of the molecule is CC(C)(c1ccc(F)cc1)C(Cc1ccccc1Cl)NN. The fourth-order valence-electron chi connectivity index (χ4n) is 2.49. The summed E-state index contributed by atoms with van der Waals surface area (Å²) in [5, 5.41) is 0.729. The van der Waals surface area contributed by atoms with Crippen molar-refractivity contribution in [2.24, 2.45) is 5.84 Å². The van der Waals surface area contributed by atoms with E-state index in [1.807, 2.05) is 24.3 Å². The van der Waals surface area contributed by atoms with Gasteiger partial charge in [0, 0.05) is 16.5 Å². The molecule has 3 N–H and O–H groups in total. The Labute approximate surface area is 130 Å². The van der Waals surface area contributed by atoms with Crippen LogP contribution < -0.4 is 11.3 Å². The van der Waals surface area contributed by atoms with Crippen molar-refractivity contribution in [2.45, 2.75) is 31.7 Å². The van der Waals surface area contributed by atoms with Crippen LogP contribution in [0.25, 0.3) is 0 Å². The van der Waals surface area contributed by atoms with Gasteiger partial charge in [-0.25, -0.2) is 4.39 Å². The molecule has 1 unspecified atom stereocenters. The molecule has 112 valence electrons. The predicted molar refractivity (Wildman–Crippen MR) is 85.7 cm³/mol. The fraction of sp³-hybridized carbons (Fsp3) is 0.294. The molecule has 0 aromatic heterocycles. The quantitative estimate of drug-likeness (QED) is 0.651. The third-order valence-corrected chi connectivity index (χ3v) is 4.41. The van der Waals surface area contributed by atoms with Gasteiger partial charge in [-0.05, 0) is 35.7 Å². The van der Waals surface area contributed by atoms with Crippen molar-refractivity contribution in [2.75, 3.05) is 0 Å². The van der Waals surface area contributed by atoms with Crippen molar-refractivity contribution < 1.29 is 4.39 Å². The summed E-state index contributed by atoms with van der Waals surface area (Å²) in [5.74, 6) is 5.52. The minimum Gasteiger partial charge on any atom is -0.271 e. The monoisotopic (exact) mass is 306 g/mol. The summed E-state index contributed by atoms with van der Waals surface area (Å²) in [6, 6.07) is 14.2. The van der Waals surface area contributed by atoms with Crippen LogP contribution in [0.1, 0.15) is 25.0 Å². The molecule has 2 aromatic carbocycles. The van der Waals surface area contributed by atoms with Gasteiger partial charge in [-0.2, -0.15) is 0 Å². The van der Waals surface area contributed by atoms with Crippen LogP contribution in [0, 0.1) is 5.82 Å². The minimum atomic E-state index is -0.262. The number of hydrogen-bond acceptors (Lipinski definition) is 2. The van der Waals surface area contributed by atoms with Gasteiger partial charge in [-0.3, -0.25) is 11.3 Å². The van der Waals surface area contributed by atoms with Gasteiger partial charge >= 0.3 is 0 Å². The number of hydrogen-bond donors (Lipinski definition) is 2. The van der Waals surface area contributed by atoms with E-state index < -0.39 is 0 Å². The molecule has 2 nitrogen and oxygen atoms in total. The number of rotatable bonds is 5. The van der Waals surface area contributed by atoms with E-state index in [0.29, 0.717) is 6.42 Å². The first-order chi connectivity index (χ1) is 9.95. The second-order valence-corrected chi connectivity index (χ2v) is 6.15. The molecular weight excluding hydrogens is 287 g/mol. The van der Waals surface area contributed by atoms with Gasteiger partial charge in [-0.1, -0.05) is 55.8 Å². The van der Waals surface area contributed by atoms with Crippen molar-refractivity contribution in [3.8, 4) is 0 Å². The standard InChI is InChI=1S/C17H20ClFN2/c1-17(2,13-7-9-14(19)10-8-13)16(21-20)11-12-5-3-4-6-15(12)18/h3-10,16,21H,11,20H2,1-2H3. The highest BCUT2D eigenvalue weighted by Crippen LogP contribution is 2.30. The number of hydrazine groups is 1.